The summed E-state index contributed by atoms with van der Waals surface area (Å²) in [5.74, 6) is 0.515. The minimum atomic E-state index is 0.0189. The van der Waals surface area contributed by atoms with Crippen LogP contribution in [0.15, 0.2) is 60.9 Å². The van der Waals surface area contributed by atoms with Crippen molar-refractivity contribution in [3.05, 3.63) is 77.6 Å². The van der Waals surface area contributed by atoms with Gasteiger partial charge in [0, 0.05) is 18.4 Å². The first kappa shape index (κ1) is 16.6. The molecule has 0 fully saturated rings. The zero-order valence-electron chi connectivity index (χ0n) is 15.2. The lowest BCUT2D eigenvalue weighted by atomic mass is 9.94. The molecule has 26 heavy (non-hydrogen) atoms. The number of aryl methyl sites for hydroxylation is 1. The van der Waals surface area contributed by atoms with E-state index < -0.39 is 0 Å². The maximum absolute atomic E-state index is 13.1. The van der Waals surface area contributed by atoms with Gasteiger partial charge in [0.25, 0.3) is 5.91 Å². The van der Waals surface area contributed by atoms with Crippen LogP contribution in [0.25, 0.3) is 5.69 Å². The highest BCUT2D eigenvalue weighted by atomic mass is 16.2. The number of para-hydroxylation sites is 1. The summed E-state index contributed by atoms with van der Waals surface area (Å²) in [7, 11) is 0. The fourth-order valence-electron chi connectivity index (χ4n) is 3.50. The van der Waals surface area contributed by atoms with Crippen molar-refractivity contribution in [3.63, 3.8) is 0 Å². The lowest BCUT2D eigenvalue weighted by molar-refractivity contribution is 0.0985. The Morgan fingerprint density at radius 1 is 1.12 bits per heavy atom. The van der Waals surface area contributed by atoms with Crippen LogP contribution in [0.3, 0.4) is 0 Å². The minimum absolute atomic E-state index is 0.0189. The number of anilines is 1. The van der Waals surface area contributed by atoms with E-state index in [9.17, 15) is 4.79 Å². The lowest BCUT2D eigenvalue weighted by Crippen LogP contribution is -2.35. The van der Waals surface area contributed by atoms with E-state index in [1.165, 1.54) is 11.1 Å². The SMILES string of the molecule is CC(C)c1ccc2c(c1)CCCN2C(=O)c1cnn(-c2ccccc2)c1. The normalized spacial score (nSPS) is 13.7. The second kappa shape index (κ2) is 6.79. The molecule has 2 heterocycles. The van der Waals surface area contributed by atoms with Crippen LogP contribution < -0.4 is 4.90 Å². The highest BCUT2D eigenvalue weighted by molar-refractivity contribution is 6.06. The summed E-state index contributed by atoms with van der Waals surface area (Å²) in [6.07, 6.45) is 5.50. The molecular formula is C22H23N3O. The summed E-state index contributed by atoms with van der Waals surface area (Å²) in [4.78, 5) is 15.0. The summed E-state index contributed by atoms with van der Waals surface area (Å²) in [6, 6.07) is 16.3. The molecule has 3 aromatic rings. The number of hydrogen-bond acceptors (Lipinski definition) is 2. The summed E-state index contributed by atoms with van der Waals surface area (Å²) >= 11 is 0. The van der Waals surface area contributed by atoms with Crippen molar-refractivity contribution in [3.8, 4) is 5.69 Å². The highest BCUT2D eigenvalue weighted by Gasteiger charge is 2.25. The predicted octanol–water partition coefficient (Wildman–Crippen LogP) is 4.59. The Morgan fingerprint density at radius 3 is 2.69 bits per heavy atom. The highest BCUT2D eigenvalue weighted by Crippen LogP contribution is 2.31. The van der Waals surface area contributed by atoms with Gasteiger partial charge in [-0.3, -0.25) is 4.79 Å². The third kappa shape index (κ3) is 3.03. The van der Waals surface area contributed by atoms with Gasteiger partial charge in [0.15, 0.2) is 0 Å². The van der Waals surface area contributed by atoms with Crippen LogP contribution >= 0.6 is 0 Å². The smallest absolute Gasteiger partial charge is 0.261 e. The molecule has 1 aliphatic rings. The molecule has 1 aliphatic heterocycles. The Labute approximate surface area is 154 Å². The van der Waals surface area contributed by atoms with E-state index in [4.69, 9.17) is 0 Å². The van der Waals surface area contributed by atoms with E-state index in [1.54, 1.807) is 10.9 Å². The molecule has 0 unspecified atom stereocenters. The first-order chi connectivity index (χ1) is 12.6. The van der Waals surface area contributed by atoms with Gasteiger partial charge in [0.1, 0.15) is 0 Å². The first-order valence-electron chi connectivity index (χ1n) is 9.18. The van der Waals surface area contributed by atoms with Gasteiger partial charge in [0.05, 0.1) is 17.4 Å². The van der Waals surface area contributed by atoms with Crippen LogP contribution in [0.1, 0.15) is 47.7 Å². The molecule has 132 valence electrons. The zero-order chi connectivity index (χ0) is 18.1. The molecule has 0 radical (unpaired) electrons. The van der Waals surface area contributed by atoms with Crippen molar-refractivity contribution in [1.29, 1.82) is 0 Å². The van der Waals surface area contributed by atoms with Gasteiger partial charge >= 0.3 is 0 Å². The van der Waals surface area contributed by atoms with Crippen LogP contribution in [-0.4, -0.2) is 22.2 Å². The fraction of sp³-hybridized carbons (Fsp3) is 0.273. The number of carbonyl (C=O) groups is 1. The Bertz CT molecular complexity index is 928. The number of benzene rings is 2. The van der Waals surface area contributed by atoms with Crippen molar-refractivity contribution in [2.24, 2.45) is 0 Å². The average molecular weight is 345 g/mol. The summed E-state index contributed by atoms with van der Waals surface area (Å²) in [5.41, 5.74) is 5.21. The largest absolute Gasteiger partial charge is 0.308 e. The molecule has 4 heteroatoms. The predicted molar refractivity (Wildman–Crippen MR) is 104 cm³/mol. The number of hydrogen-bond donors (Lipinski definition) is 0. The van der Waals surface area contributed by atoms with Gasteiger partial charge in [-0.25, -0.2) is 4.68 Å². The lowest BCUT2D eigenvalue weighted by Gasteiger charge is -2.30. The van der Waals surface area contributed by atoms with Gasteiger partial charge in [0.2, 0.25) is 0 Å². The Balaban J connectivity index is 1.63. The topological polar surface area (TPSA) is 38.1 Å². The Morgan fingerprint density at radius 2 is 1.92 bits per heavy atom. The maximum Gasteiger partial charge on any atom is 0.261 e. The van der Waals surface area contributed by atoms with Gasteiger partial charge in [-0.1, -0.05) is 44.2 Å². The van der Waals surface area contributed by atoms with E-state index in [1.807, 2.05) is 41.4 Å². The summed E-state index contributed by atoms with van der Waals surface area (Å²) < 4.78 is 1.75. The van der Waals surface area contributed by atoms with Gasteiger partial charge in [-0.05, 0) is 48.1 Å². The molecule has 0 N–H and O–H groups in total. The molecule has 0 saturated heterocycles. The molecule has 1 amide bonds. The van der Waals surface area contributed by atoms with Crippen LogP contribution in [0.2, 0.25) is 0 Å². The molecule has 0 spiro atoms. The Hall–Kier alpha value is -2.88. The van der Waals surface area contributed by atoms with Gasteiger partial charge in [-0.2, -0.15) is 5.10 Å². The van der Waals surface area contributed by atoms with Crippen LogP contribution in [0, 0.1) is 0 Å². The van der Waals surface area contributed by atoms with Gasteiger partial charge < -0.3 is 4.90 Å². The number of aromatic nitrogens is 2. The number of amides is 1. The molecule has 0 atom stereocenters. The number of rotatable bonds is 3. The van der Waals surface area contributed by atoms with Crippen molar-refractivity contribution in [2.75, 3.05) is 11.4 Å². The molecule has 0 bridgehead atoms. The number of fused-ring (bicyclic) bond motifs is 1. The van der Waals surface area contributed by atoms with Crippen molar-refractivity contribution in [1.82, 2.24) is 9.78 Å². The zero-order valence-corrected chi connectivity index (χ0v) is 15.2. The van der Waals surface area contributed by atoms with E-state index in [2.05, 4.69) is 37.1 Å². The fourth-order valence-corrected chi connectivity index (χ4v) is 3.50. The quantitative estimate of drug-likeness (QED) is 0.696. The molecule has 0 aliphatic carbocycles. The molecule has 4 rings (SSSR count). The molecule has 0 saturated carbocycles. The van der Waals surface area contributed by atoms with Crippen molar-refractivity contribution in [2.45, 2.75) is 32.6 Å². The van der Waals surface area contributed by atoms with Crippen molar-refractivity contribution < 1.29 is 4.79 Å². The number of carbonyl (C=O) groups excluding carboxylic acids is 1. The third-order valence-electron chi connectivity index (χ3n) is 4.98. The van der Waals surface area contributed by atoms with Crippen LogP contribution in [-0.2, 0) is 6.42 Å². The first-order valence-corrected chi connectivity index (χ1v) is 9.18. The van der Waals surface area contributed by atoms with E-state index in [0.29, 0.717) is 11.5 Å². The van der Waals surface area contributed by atoms with E-state index in [-0.39, 0.29) is 5.91 Å². The standard InChI is InChI=1S/C22H23N3O/c1-16(2)17-10-11-21-18(13-17)7-6-12-24(21)22(26)19-14-23-25(15-19)20-8-4-3-5-9-20/h3-5,8-11,13-16H,6-7,12H2,1-2H3. The minimum Gasteiger partial charge on any atom is -0.308 e. The monoisotopic (exact) mass is 345 g/mol. The molecule has 1 aromatic heterocycles. The summed E-state index contributed by atoms with van der Waals surface area (Å²) in [5, 5.41) is 4.36. The van der Waals surface area contributed by atoms with E-state index >= 15 is 0 Å². The molecule has 2 aromatic carbocycles. The second-order valence-electron chi connectivity index (χ2n) is 7.11. The Kier molecular flexibility index (Phi) is 4.33. The van der Waals surface area contributed by atoms with E-state index in [0.717, 1.165) is 30.8 Å². The molecular weight excluding hydrogens is 322 g/mol. The van der Waals surface area contributed by atoms with Crippen LogP contribution in [0.4, 0.5) is 5.69 Å². The summed E-state index contributed by atoms with van der Waals surface area (Å²) in [6.45, 7) is 5.15. The third-order valence-corrected chi connectivity index (χ3v) is 4.98. The number of nitrogens with zero attached hydrogens (tertiary/aromatic N) is 3. The second-order valence-corrected chi connectivity index (χ2v) is 7.11. The maximum atomic E-state index is 13.1. The van der Waals surface area contributed by atoms with Crippen molar-refractivity contribution >= 4 is 11.6 Å². The molecule has 4 nitrogen and oxygen atoms in total. The van der Waals surface area contributed by atoms with Gasteiger partial charge in [-0.15, -0.1) is 0 Å². The van der Waals surface area contributed by atoms with Crippen LogP contribution in [0.5, 0.6) is 0 Å². The average Bonchev–Trinajstić information content (AvgIpc) is 3.17.